The lowest BCUT2D eigenvalue weighted by molar-refractivity contribution is -0.266. The highest BCUT2D eigenvalue weighted by Gasteiger charge is 2.62. The van der Waals surface area contributed by atoms with Gasteiger partial charge in [-0.05, 0) is 18.6 Å². The van der Waals surface area contributed by atoms with E-state index in [1.54, 1.807) is 0 Å². The minimum Gasteiger partial charge on any atom is -0.466 e. The number of ether oxygens (including phenoxy) is 1. The molecule has 1 atom stereocenters. The number of carbonyl (C=O) groups excluding carboxylic acids is 1. The summed E-state index contributed by atoms with van der Waals surface area (Å²) in [6, 6.07) is 3.12. The summed E-state index contributed by atoms with van der Waals surface area (Å²) in [5.41, 5.74) is 1.72. The molecular formula is C11H12F3NO3. The second kappa shape index (κ2) is 4.49. The van der Waals surface area contributed by atoms with Crippen molar-refractivity contribution in [2.24, 2.45) is 0 Å². The molecule has 100 valence electrons. The van der Waals surface area contributed by atoms with Gasteiger partial charge in [0.05, 0.1) is 7.11 Å². The number of hydrogen-bond acceptors (Lipinski definition) is 4. The van der Waals surface area contributed by atoms with Crippen molar-refractivity contribution in [3.8, 4) is 0 Å². The lowest BCUT2D eigenvalue weighted by atomic mass is 9.91. The highest BCUT2D eigenvalue weighted by molar-refractivity contribution is 5.82. The van der Waals surface area contributed by atoms with E-state index >= 15 is 0 Å². The minimum absolute atomic E-state index is 0.258. The van der Waals surface area contributed by atoms with Gasteiger partial charge >= 0.3 is 12.1 Å². The van der Waals surface area contributed by atoms with Crippen molar-refractivity contribution in [1.82, 2.24) is 0 Å². The molecule has 0 radical (unpaired) electrons. The van der Waals surface area contributed by atoms with Crippen LogP contribution in [-0.4, -0.2) is 24.4 Å². The van der Waals surface area contributed by atoms with Gasteiger partial charge in [0.2, 0.25) is 0 Å². The Kier molecular flexibility index (Phi) is 3.57. The maximum atomic E-state index is 12.9. The summed E-state index contributed by atoms with van der Waals surface area (Å²) in [7, 11) is 0.767. The summed E-state index contributed by atoms with van der Waals surface area (Å²) >= 11 is 0. The smallest absolute Gasteiger partial charge is 0.432 e. The Labute approximate surface area is 101 Å². The number of benzene rings is 1. The van der Waals surface area contributed by atoms with Crippen molar-refractivity contribution in [1.29, 1.82) is 0 Å². The maximum absolute atomic E-state index is 12.9. The molecule has 0 saturated carbocycles. The first-order valence-corrected chi connectivity index (χ1v) is 4.88. The Morgan fingerprint density at radius 3 is 2.33 bits per heavy atom. The summed E-state index contributed by atoms with van der Waals surface area (Å²) in [5.74, 6) is -1.79. The van der Waals surface area contributed by atoms with E-state index in [-0.39, 0.29) is 5.69 Å². The van der Waals surface area contributed by atoms with Crippen LogP contribution in [0.4, 0.5) is 18.9 Å². The molecule has 0 saturated heterocycles. The van der Waals surface area contributed by atoms with E-state index < -0.39 is 23.3 Å². The Hall–Kier alpha value is -1.76. The van der Waals surface area contributed by atoms with Gasteiger partial charge in [-0.1, -0.05) is 12.1 Å². The quantitative estimate of drug-likeness (QED) is 0.626. The van der Waals surface area contributed by atoms with Crippen LogP contribution < -0.4 is 5.73 Å². The van der Waals surface area contributed by atoms with Crippen LogP contribution in [0.25, 0.3) is 0 Å². The number of methoxy groups -OCH3 is 1. The van der Waals surface area contributed by atoms with Gasteiger partial charge in [-0.2, -0.15) is 13.2 Å². The molecule has 3 N–H and O–H groups in total. The van der Waals surface area contributed by atoms with Crippen LogP contribution in [0.15, 0.2) is 18.2 Å². The number of aryl methyl sites for hydroxylation is 1. The first-order valence-electron chi connectivity index (χ1n) is 4.88. The molecule has 0 bridgehead atoms. The standard InChI is InChI=1S/C11H12F3NO3/c1-6-5-7(3-4-8(6)15)10(17,9(16)18-2)11(12,13)14/h3-5,17H,15H2,1-2H3/t10-/m0/s1. The maximum Gasteiger partial charge on any atom is 0.432 e. The SMILES string of the molecule is COC(=O)[C@@](O)(c1ccc(N)c(C)c1)C(F)(F)F. The molecule has 0 fully saturated rings. The molecule has 0 aromatic heterocycles. The van der Waals surface area contributed by atoms with Crippen molar-refractivity contribution in [3.63, 3.8) is 0 Å². The van der Waals surface area contributed by atoms with Gasteiger partial charge in [-0.15, -0.1) is 0 Å². The van der Waals surface area contributed by atoms with Gasteiger partial charge in [0.25, 0.3) is 5.60 Å². The number of nitrogens with two attached hydrogens (primary N) is 1. The second-order valence-corrected chi connectivity index (χ2v) is 3.77. The number of hydrogen-bond donors (Lipinski definition) is 2. The summed E-state index contributed by atoms with van der Waals surface area (Å²) in [5, 5.41) is 9.66. The Morgan fingerprint density at radius 1 is 1.39 bits per heavy atom. The minimum atomic E-state index is -5.19. The summed E-state index contributed by atoms with van der Waals surface area (Å²) in [4.78, 5) is 11.3. The zero-order valence-corrected chi connectivity index (χ0v) is 9.71. The van der Waals surface area contributed by atoms with Crippen molar-refractivity contribution in [3.05, 3.63) is 29.3 Å². The van der Waals surface area contributed by atoms with Crippen LogP contribution in [0.2, 0.25) is 0 Å². The number of esters is 1. The van der Waals surface area contributed by atoms with Crippen LogP contribution in [-0.2, 0) is 15.1 Å². The van der Waals surface area contributed by atoms with Crippen LogP contribution in [0, 0.1) is 6.92 Å². The van der Waals surface area contributed by atoms with E-state index in [0.717, 1.165) is 19.2 Å². The van der Waals surface area contributed by atoms with Crippen LogP contribution in [0.1, 0.15) is 11.1 Å². The number of halogens is 3. The Balaban J connectivity index is 3.45. The Morgan fingerprint density at radius 2 is 1.94 bits per heavy atom. The number of aliphatic hydroxyl groups is 1. The molecule has 0 heterocycles. The predicted octanol–water partition coefficient (Wildman–Crippen LogP) is 1.50. The molecule has 1 aromatic carbocycles. The normalized spacial score (nSPS) is 15.0. The van der Waals surface area contributed by atoms with E-state index in [0.29, 0.717) is 5.56 Å². The number of nitrogen functional groups attached to an aromatic ring is 1. The average molecular weight is 263 g/mol. The Bertz CT molecular complexity index is 473. The highest BCUT2D eigenvalue weighted by Crippen LogP contribution is 2.40. The molecule has 4 nitrogen and oxygen atoms in total. The van der Waals surface area contributed by atoms with Gasteiger partial charge in [-0.3, -0.25) is 0 Å². The third-order valence-corrected chi connectivity index (χ3v) is 2.58. The molecule has 0 aliphatic carbocycles. The van der Waals surface area contributed by atoms with Gasteiger partial charge in [-0.25, -0.2) is 4.79 Å². The molecule has 1 rings (SSSR count). The predicted molar refractivity (Wildman–Crippen MR) is 57.6 cm³/mol. The molecule has 0 aliphatic heterocycles. The largest absolute Gasteiger partial charge is 0.466 e. The van der Waals surface area contributed by atoms with Crippen LogP contribution >= 0.6 is 0 Å². The van der Waals surface area contributed by atoms with E-state index in [9.17, 15) is 23.1 Å². The van der Waals surface area contributed by atoms with Crippen molar-refractivity contribution < 1.29 is 27.8 Å². The third kappa shape index (κ3) is 2.13. The van der Waals surface area contributed by atoms with Gasteiger partial charge in [0.1, 0.15) is 0 Å². The molecule has 1 aromatic rings. The van der Waals surface area contributed by atoms with E-state index in [1.807, 2.05) is 0 Å². The lowest BCUT2D eigenvalue weighted by Gasteiger charge is -2.28. The highest BCUT2D eigenvalue weighted by atomic mass is 19.4. The molecule has 0 spiro atoms. The topological polar surface area (TPSA) is 72.5 Å². The number of anilines is 1. The van der Waals surface area contributed by atoms with Gasteiger partial charge < -0.3 is 15.6 Å². The van der Waals surface area contributed by atoms with E-state index in [2.05, 4.69) is 4.74 Å². The third-order valence-electron chi connectivity index (χ3n) is 2.58. The fraction of sp³-hybridized carbons (Fsp3) is 0.364. The van der Waals surface area contributed by atoms with Crippen LogP contribution in [0.5, 0.6) is 0 Å². The van der Waals surface area contributed by atoms with E-state index in [1.165, 1.54) is 13.0 Å². The number of carbonyl (C=O) groups is 1. The zero-order chi connectivity index (χ0) is 14.1. The number of alkyl halides is 3. The molecule has 0 aliphatic rings. The molecule has 0 amide bonds. The molecule has 18 heavy (non-hydrogen) atoms. The summed E-state index contributed by atoms with van der Waals surface area (Å²) in [6.07, 6.45) is -5.19. The first-order chi connectivity index (χ1) is 8.14. The van der Waals surface area contributed by atoms with Crippen molar-refractivity contribution in [2.45, 2.75) is 18.7 Å². The van der Waals surface area contributed by atoms with E-state index in [4.69, 9.17) is 5.73 Å². The van der Waals surface area contributed by atoms with Crippen molar-refractivity contribution >= 4 is 11.7 Å². The average Bonchev–Trinajstić information content (AvgIpc) is 2.29. The molecular weight excluding hydrogens is 251 g/mol. The van der Waals surface area contributed by atoms with Crippen molar-refractivity contribution in [2.75, 3.05) is 12.8 Å². The first kappa shape index (κ1) is 14.3. The second-order valence-electron chi connectivity index (χ2n) is 3.77. The fourth-order valence-electron chi connectivity index (χ4n) is 1.45. The fourth-order valence-corrected chi connectivity index (χ4v) is 1.45. The van der Waals surface area contributed by atoms with Crippen LogP contribution in [0.3, 0.4) is 0 Å². The van der Waals surface area contributed by atoms with Gasteiger partial charge in [0, 0.05) is 11.3 Å². The summed E-state index contributed by atoms with van der Waals surface area (Å²) < 4.78 is 42.7. The van der Waals surface area contributed by atoms with Gasteiger partial charge in [0.15, 0.2) is 0 Å². The lowest BCUT2D eigenvalue weighted by Crippen LogP contribution is -2.49. The summed E-state index contributed by atoms with van der Waals surface area (Å²) in [6.45, 7) is 1.47. The monoisotopic (exact) mass is 263 g/mol. The molecule has 0 unspecified atom stereocenters. The number of rotatable bonds is 2. The molecule has 7 heteroatoms. The zero-order valence-electron chi connectivity index (χ0n) is 9.71.